The molecule has 0 fully saturated rings. The molecule has 1 unspecified atom stereocenters. The molecule has 0 saturated carbocycles. The quantitative estimate of drug-likeness (QED) is 0.925. The molecule has 0 radical (unpaired) electrons. The van der Waals surface area contributed by atoms with Gasteiger partial charge in [0.1, 0.15) is 11.9 Å². The van der Waals surface area contributed by atoms with Crippen LogP contribution in [0.3, 0.4) is 0 Å². The lowest BCUT2D eigenvalue weighted by Crippen LogP contribution is -2.05. The number of pyridine rings is 1. The van der Waals surface area contributed by atoms with Gasteiger partial charge in [-0.1, -0.05) is 33.6 Å². The van der Waals surface area contributed by atoms with Crippen molar-refractivity contribution in [1.82, 2.24) is 4.98 Å². The van der Waals surface area contributed by atoms with E-state index in [4.69, 9.17) is 11.6 Å². The van der Waals surface area contributed by atoms with Crippen molar-refractivity contribution in [2.24, 2.45) is 0 Å². The monoisotopic (exact) mass is 329 g/mol. The first-order valence-electron chi connectivity index (χ1n) is 5.30. The predicted molar refractivity (Wildman–Crippen MR) is 72.0 cm³/mol. The molecule has 94 valence electrons. The Bertz CT molecular complexity index is 564. The largest absolute Gasteiger partial charge is 0.386 e. The van der Waals surface area contributed by atoms with Crippen molar-refractivity contribution < 1.29 is 9.50 Å². The second-order valence-corrected chi connectivity index (χ2v) is 5.09. The van der Waals surface area contributed by atoms with Gasteiger partial charge in [0.2, 0.25) is 0 Å². The molecule has 0 aliphatic rings. The Labute approximate surface area is 118 Å². The highest BCUT2D eigenvalue weighted by Gasteiger charge is 2.15. The van der Waals surface area contributed by atoms with E-state index in [1.54, 1.807) is 24.4 Å². The molecule has 0 saturated heterocycles. The minimum absolute atomic E-state index is 0.317. The van der Waals surface area contributed by atoms with Gasteiger partial charge in [0.25, 0.3) is 0 Å². The number of benzene rings is 1. The minimum atomic E-state index is -0.819. The third-order valence-electron chi connectivity index (χ3n) is 2.53. The highest BCUT2D eigenvalue weighted by Crippen LogP contribution is 2.27. The second kappa shape index (κ2) is 5.78. The Kier molecular flexibility index (Phi) is 4.32. The van der Waals surface area contributed by atoms with Crippen molar-refractivity contribution in [2.75, 3.05) is 0 Å². The maximum Gasteiger partial charge on any atom is 0.124 e. The van der Waals surface area contributed by atoms with E-state index in [9.17, 15) is 9.50 Å². The van der Waals surface area contributed by atoms with Crippen molar-refractivity contribution >= 4 is 27.5 Å². The summed E-state index contributed by atoms with van der Waals surface area (Å²) < 4.78 is 13.6. The summed E-state index contributed by atoms with van der Waals surface area (Å²) in [7, 11) is 0. The van der Waals surface area contributed by atoms with Crippen LogP contribution >= 0.6 is 27.5 Å². The first-order valence-corrected chi connectivity index (χ1v) is 6.47. The lowest BCUT2D eigenvalue weighted by molar-refractivity contribution is 0.173. The van der Waals surface area contributed by atoms with E-state index in [1.165, 1.54) is 12.1 Å². The van der Waals surface area contributed by atoms with Gasteiger partial charge < -0.3 is 5.11 Å². The van der Waals surface area contributed by atoms with Crippen molar-refractivity contribution in [2.45, 2.75) is 12.5 Å². The third-order valence-corrected chi connectivity index (χ3v) is 3.59. The minimum Gasteiger partial charge on any atom is -0.386 e. The molecule has 0 bridgehead atoms. The molecule has 2 rings (SSSR count). The van der Waals surface area contributed by atoms with Crippen LogP contribution in [0.25, 0.3) is 0 Å². The van der Waals surface area contributed by atoms with Crippen molar-refractivity contribution in [3.8, 4) is 0 Å². The smallest absolute Gasteiger partial charge is 0.124 e. The van der Waals surface area contributed by atoms with Gasteiger partial charge in [-0.3, -0.25) is 4.98 Å². The molecule has 1 aromatic heterocycles. The third kappa shape index (κ3) is 3.07. The zero-order chi connectivity index (χ0) is 13.1. The zero-order valence-electron chi connectivity index (χ0n) is 9.28. The summed E-state index contributed by atoms with van der Waals surface area (Å²) in [6.07, 6.45) is 1.07. The average Bonchev–Trinajstić information content (AvgIpc) is 2.33. The van der Waals surface area contributed by atoms with Crippen LogP contribution in [0.2, 0.25) is 5.02 Å². The number of nitrogens with zero attached hydrogens (tertiary/aromatic N) is 1. The van der Waals surface area contributed by atoms with Crippen LogP contribution in [0.4, 0.5) is 4.39 Å². The van der Waals surface area contributed by atoms with E-state index in [1.807, 2.05) is 0 Å². The Morgan fingerprint density at radius 1 is 1.39 bits per heavy atom. The number of aliphatic hydroxyl groups is 1. The average molecular weight is 331 g/mol. The molecule has 5 heteroatoms. The van der Waals surface area contributed by atoms with E-state index >= 15 is 0 Å². The van der Waals surface area contributed by atoms with Crippen LogP contribution < -0.4 is 0 Å². The first-order chi connectivity index (χ1) is 8.58. The van der Waals surface area contributed by atoms with Crippen LogP contribution in [0, 0.1) is 5.82 Å². The first kappa shape index (κ1) is 13.5. The summed E-state index contributed by atoms with van der Waals surface area (Å²) in [5.74, 6) is -0.323. The van der Waals surface area contributed by atoms with Crippen molar-refractivity contribution in [3.63, 3.8) is 0 Å². The summed E-state index contributed by atoms with van der Waals surface area (Å²) in [5.41, 5.74) is 1.22. The number of rotatable bonds is 3. The molecule has 0 amide bonds. The predicted octanol–water partition coefficient (Wildman–Crippen LogP) is 3.91. The van der Waals surface area contributed by atoms with Crippen LogP contribution in [-0.2, 0) is 6.42 Å². The highest BCUT2D eigenvalue weighted by molar-refractivity contribution is 9.10. The lowest BCUT2D eigenvalue weighted by atomic mass is 10.1. The summed E-state index contributed by atoms with van der Waals surface area (Å²) in [5, 5.41) is 10.5. The van der Waals surface area contributed by atoms with E-state index < -0.39 is 6.10 Å². The molecule has 18 heavy (non-hydrogen) atoms. The number of aromatic nitrogens is 1. The molecule has 0 aliphatic heterocycles. The number of hydrogen-bond donors (Lipinski definition) is 1. The fraction of sp³-hybridized carbons (Fsp3) is 0.154. The summed E-state index contributed by atoms with van der Waals surface area (Å²) >= 11 is 9.22. The van der Waals surface area contributed by atoms with Crippen LogP contribution in [0.1, 0.15) is 17.4 Å². The van der Waals surface area contributed by atoms with E-state index in [2.05, 4.69) is 20.9 Å². The van der Waals surface area contributed by atoms with E-state index in [0.717, 1.165) is 5.56 Å². The molecular formula is C13H10BrClFNO. The van der Waals surface area contributed by atoms with Gasteiger partial charge >= 0.3 is 0 Å². The molecular weight excluding hydrogens is 321 g/mol. The Hall–Kier alpha value is -0.970. The van der Waals surface area contributed by atoms with E-state index in [0.29, 0.717) is 21.6 Å². The van der Waals surface area contributed by atoms with Crippen LogP contribution in [0.5, 0.6) is 0 Å². The molecule has 0 aliphatic carbocycles. The molecule has 2 aromatic rings. The molecule has 0 spiro atoms. The Morgan fingerprint density at radius 3 is 2.83 bits per heavy atom. The Morgan fingerprint density at radius 2 is 2.17 bits per heavy atom. The fourth-order valence-corrected chi connectivity index (χ4v) is 2.40. The maximum absolute atomic E-state index is 12.9. The second-order valence-electron chi connectivity index (χ2n) is 3.83. The Balaban J connectivity index is 2.21. The van der Waals surface area contributed by atoms with Gasteiger partial charge in [-0.05, 0) is 29.8 Å². The van der Waals surface area contributed by atoms with Gasteiger partial charge in [0.05, 0.1) is 10.7 Å². The van der Waals surface area contributed by atoms with Gasteiger partial charge in [-0.25, -0.2) is 4.39 Å². The highest BCUT2D eigenvalue weighted by atomic mass is 79.9. The zero-order valence-corrected chi connectivity index (χ0v) is 11.6. The maximum atomic E-state index is 12.9. The van der Waals surface area contributed by atoms with Crippen molar-refractivity contribution in [3.05, 3.63) is 63.1 Å². The normalized spacial score (nSPS) is 12.4. The molecule has 2 nitrogen and oxygen atoms in total. The number of hydrogen-bond acceptors (Lipinski definition) is 2. The molecule has 1 N–H and O–H groups in total. The fourth-order valence-electron chi connectivity index (χ4n) is 1.64. The SMILES string of the molecule is OC(Cc1ccc(F)cc1Br)c1ncccc1Cl. The topological polar surface area (TPSA) is 33.1 Å². The summed E-state index contributed by atoms with van der Waals surface area (Å²) in [6, 6.07) is 7.72. The number of aliphatic hydroxyl groups excluding tert-OH is 1. The molecule has 1 aromatic carbocycles. The van der Waals surface area contributed by atoms with Crippen molar-refractivity contribution in [1.29, 1.82) is 0 Å². The van der Waals surface area contributed by atoms with Gasteiger partial charge in [0, 0.05) is 17.1 Å². The van der Waals surface area contributed by atoms with E-state index in [-0.39, 0.29) is 5.82 Å². The van der Waals surface area contributed by atoms with Crippen LogP contribution in [-0.4, -0.2) is 10.1 Å². The molecule has 1 heterocycles. The van der Waals surface area contributed by atoms with Gasteiger partial charge in [0.15, 0.2) is 0 Å². The summed E-state index contributed by atoms with van der Waals surface area (Å²) in [4.78, 5) is 4.05. The standard InChI is InChI=1S/C13H10BrClFNO/c14-10-7-9(16)4-3-8(10)6-12(18)13-11(15)2-1-5-17-13/h1-5,7,12,18H,6H2. The summed E-state index contributed by atoms with van der Waals surface area (Å²) in [6.45, 7) is 0. The number of halogens is 3. The van der Waals surface area contributed by atoms with Gasteiger partial charge in [-0.15, -0.1) is 0 Å². The van der Waals surface area contributed by atoms with Gasteiger partial charge in [-0.2, -0.15) is 0 Å². The molecule has 1 atom stereocenters. The lowest BCUT2D eigenvalue weighted by Gasteiger charge is -2.12. The van der Waals surface area contributed by atoms with Crippen LogP contribution in [0.15, 0.2) is 41.0 Å².